The first-order chi connectivity index (χ1) is 7.52. The van der Waals surface area contributed by atoms with Crippen LogP contribution in [0.3, 0.4) is 0 Å². The molecule has 0 heterocycles. The van der Waals surface area contributed by atoms with Gasteiger partial charge in [0.25, 0.3) is 10.1 Å². The van der Waals surface area contributed by atoms with Crippen molar-refractivity contribution in [3.05, 3.63) is 12.7 Å². The van der Waals surface area contributed by atoms with E-state index < -0.39 is 39.6 Å². The summed E-state index contributed by atoms with van der Waals surface area (Å²) in [5.74, 6) is -3.98. The number of carboxylic acids is 2. The summed E-state index contributed by atoms with van der Waals surface area (Å²) in [5.41, 5.74) is 4.53. The van der Waals surface area contributed by atoms with Crippen molar-refractivity contribution >= 4 is 28.0 Å². The molecule has 0 rings (SSSR count). The lowest BCUT2D eigenvalue weighted by Crippen LogP contribution is -2.31. The van der Waals surface area contributed by atoms with E-state index in [2.05, 4.69) is 12.3 Å². The smallest absolute Gasteiger partial charge is 0.325 e. The summed E-state index contributed by atoms with van der Waals surface area (Å²) in [6, 6.07) is 0. The number of hydrogen-bond donors (Lipinski definition) is 4. The molecule has 0 fully saturated rings. The maximum absolute atomic E-state index is 10.2. The van der Waals surface area contributed by atoms with Crippen molar-refractivity contribution in [3.8, 4) is 0 Å². The van der Waals surface area contributed by atoms with E-state index in [1.807, 2.05) is 0 Å². The zero-order valence-corrected chi connectivity index (χ0v) is 9.25. The van der Waals surface area contributed by atoms with Crippen molar-refractivity contribution in [1.82, 2.24) is 0 Å². The van der Waals surface area contributed by atoms with Gasteiger partial charge in [-0.15, -0.1) is 0 Å². The van der Waals surface area contributed by atoms with Gasteiger partial charge in [0.1, 0.15) is 0 Å². The molecule has 0 spiro atoms. The molecule has 0 radical (unpaired) electrons. The second-order valence-electron chi connectivity index (χ2n) is 2.55. The summed E-state index contributed by atoms with van der Waals surface area (Å²) in [6.45, 7) is 3.09. The van der Waals surface area contributed by atoms with Gasteiger partial charge in [0.05, 0.1) is 6.42 Å². The Labute approximate surface area is 96.3 Å². The summed E-state index contributed by atoms with van der Waals surface area (Å²) >= 11 is 0. The van der Waals surface area contributed by atoms with Crippen LogP contribution >= 0.6 is 0 Å². The molecule has 5 N–H and O–H groups in total. The molecule has 0 saturated carbocycles. The molecule has 0 aromatic heterocycles. The van der Waals surface area contributed by atoms with Crippen molar-refractivity contribution in [2.75, 3.05) is 0 Å². The second kappa shape index (κ2) is 7.35. The van der Waals surface area contributed by atoms with Gasteiger partial charge in [0.15, 0.2) is 5.25 Å². The molecule has 0 aliphatic carbocycles. The van der Waals surface area contributed by atoms with Gasteiger partial charge in [-0.25, -0.2) is 0 Å². The quantitative estimate of drug-likeness (QED) is 0.343. The number of primary amides is 1. The average molecular weight is 269 g/mol. The molecule has 1 atom stereocenters. The van der Waals surface area contributed by atoms with Crippen LogP contribution in [-0.4, -0.2) is 46.3 Å². The van der Waals surface area contributed by atoms with Gasteiger partial charge in [-0.05, 0) is 6.08 Å². The zero-order valence-electron chi connectivity index (χ0n) is 8.44. The zero-order chi connectivity index (χ0) is 14.2. The first kappa shape index (κ1) is 17.5. The van der Waals surface area contributed by atoms with Crippen molar-refractivity contribution in [3.63, 3.8) is 0 Å². The number of hydrogen-bond acceptors (Lipinski definition) is 5. The molecule has 17 heavy (non-hydrogen) atoms. The number of rotatable bonds is 5. The molecular weight excluding hydrogens is 258 g/mol. The molecule has 0 saturated heterocycles. The number of aliphatic carboxylic acids is 2. The number of nitrogens with two attached hydrogens (primary N) is 1. The van der Waals surface area contributed by atoms with Crippen LogP contribution in [-0.2, 0) is 24.5 Å². The lowest BCUT2D eigenvalue weighted by Gasteiger charge is -2.04. The first-order valence-electron chi connectivity index (χ1n) is 3.85. The highest BCUT2D eigenvalue weighted by molar-refractivity contribution is 7.87. The van der Waals surface area contributed by atoms with E-state index in [1.54, 1.807) is 0 Å². The molecule has 1 unspecified atom stereocenters. The minimum Gasteiger partial charge on any atom is -0.481 e. The number of carbonyl (C=O) groups is 3. The van der Waals surface area contributed by atoms with Gasteiger partial charge in [-0.2, -0.15) is 8.42 Å². The Bertz CT molecular complexity index is 412. The molecular formula is C7H11NO8S. The highest BCUT2D eigenvalue weighted by atomic mass is 32.2. The number of carbonyl (C=O) groups excluding carboxylic acids is 1. The van der Waals surface area contributed by atoms with Crippen LogP contribution in [0, 0.1) is 0 Å². The molecule has 98 valence electrons. The van der Waals surface area contributed by atoms with E-state index in [4.69, 9.17) is 14.8 Å². The molecule has 0 aromatic rings. The summed E-state index contributed by atoms with van der Waals surface area (Å²) in [7, 11) is -4.84. The number of amides is 1. The van der Waals surface area contributed by atoms with Gasteiger partial charge in [-0.3, -0.25) is 18.9 Å². The standard InChI is InChI=1S/C4H6O7S.C3H5NO/c5-3(6)1-2(4(7)8)12(9,10)11;1-2-3(4)5/h2H,1H2,(H,5,6)(H,7,8)(H,9,10,11);2H,1H2,(H2,4,5). The highest BCUT2D eigenvalue weighted by Crippen LogP contribution is 2.04. The van der Waals surface area contributed by atoms with Crippen molar-refractivity contribution in [1.29, 1.82) is 0 Å². The van der Waals surface area contributed by atoms with Crippen LogP contribution in [0.4, 0.5) is 0 Å². The summed E-state index contributed by atoms with van der Waals surface area (Å²) < 4.78 is 28.7. The highest BCUT2D eigenvalue weighted by Gasteiger charge is 2.33. The SMILES string of the molecule is C=CC(N)=O.O=C(O)CC(C(=O)O)S(=O)(=O)O. The molecule has 9 nitrogen and oxygen atoms in total. The minimum atomic E-state index is -4.84. The van der Waals surface area contributed by atoms with Crippen LogP contribution in [0.5, 0.6) is 0 Å². The van der Waals surface area contributed by atoms with Gasteiger partial charge in [0.2, 0.25) is 5.91 Å². The van der Waals surface area contributed by atoms with Gasteiger partial charge in [-0.1, -0.05) is 6.58 Å². The second-order valence-corrected chi connectivity index (χ2v) is 4.15. The van der Waals surface area contributed by atoms with Crippen LogP contribution in [0.15, 0.2) is 12.7 Å². The Kier molecular flexibility index (Phi) is 7.55. The fourth-order valence-electron chi connectivity index (χ4n) is 0.479. The lowest BCUT2D eigenvalue weighted by atomic mass is 10.3. The Balaban J connectivity index is 0. The third-order valence-electron chi connectivity index (χ3n) is 1.20. The summed E-state index contributed by atoms with van der Waals surface area (Å²) in [4.78, 5) is 29.5. The molecule has 10 heteroatoms. The van der Waals surface area contributed by atoms with Crippen LogP contribution in [0.2, 0.25) is 0 Å². The Morgan fingerprint density at radius 2 is 1.65 bits per heavy atom. The van der Waals surface area contributed by atoms with E-state index in [0.717, 1.165) is 6.08 Å². The molecule has 0 aliphatic heterocycles. The first-order valence-corrected chi connectivity index (χ1v) is 5.35. The molecule has 0 bridgehead atoms. The largest absolute Gasteiger partial charge is 0.481 e. The van der Waals surface area contributed by atoms with Crippen molar-refractivity contribution in [2.24, 2.45) is 5.73 Å². The van der Waals surface area contributed by atoms with Gasteiger partial charge < -0.3 is 15.9 Å². The van der Waals surface area contributed by atoms with E-state index >= 15 is 0 Å². The molecule has 0 aromatic carbocycles. The Morgan fingerprint density at radius 1 is 1.29 bits per heavy atom. The maximum Gasteiger partial charge on any atom is 0.325 e. The lowest BCUT2D eigenvalue weighted by molar-refractivity contribution is -0.143. The Morgan fingerprint density at radius 3 is 1.71 bits per heavy atom. The topological polar surface area (TPSA) is 172 Å². The van der Waals surface area contributed by atoms with E-state index in [9.17, 15) is 22.8 Å². The van der Waals surface area contributed by atoms with E-state index in [1.165, 1.54) is 0 Å². The predicted octanol–water partition coefficient (Wildman–Crippen LogP) is -1.54. The summed E-state index contributed by atoms with van der Waals surface area (Å²) in [5, 5.41) is 13.9. The number of carboxylic acid groups (broad SMARTS) is 2. The van der Waals surface area contributed by atoms with Crippen LogP contribution in [0.1, 0.15) is 6.42 Å². The van der Waals surface area contributed by atoms with Crippen LogP contribution in [0.25, 0.3) is 0 Å². The molecule has 1 amide bonds. The van der Waals surface area contributed by atoms with Crippen LogP contribution < -0.4 is 5.73 Å². The molecule has 0 aliphatic rings. The average Bonchev–Trinajstić information content (AvgIpc) is 2.12. The summed E-state index contributed by atoms with van der Waals surface area (Å²) in [6.07, 6.45) is -0.103. The monoisotopic (exact) mass is 269 g/mol. The van der Waals surface area contributed by atoms with Crippen molar-refractivity contribution < 1.29 is 37.6 Å². The van der Waals surface area contributed by atoms with Gasteiger partial charge >= 0.3 is 11.9 Å². The fraction of sp³-hybridized carbons (Fsp3) is 0.286. The van der Waals surface area contributed by atoms with E-state index in [-0.39, 0.29) is 0 Å². The van der Waals surface area contributed by atoms with Crippen molar-refractivity contribution in [2.45, 2.75) is 11.7 Å². The van der Waals surface area contributed by atoms with E-state index in [0.29, 0.717) is 0 Å². The third kappa shape index (κ3) is 10.3. The maximum atomic E-state index is 10.2. The normalized spacial score (nSPS) is 11.6. The Hall–Kier alpha value is -1.94. The predicted molar refractivity (Wildman–Crippen MR) is 54.6 cm³/mol. The fourth-order valence-corrected chi connectivity index (χ4v) is 1.09. The minimum absolute atomic E-state index is 0.481. The third-order valence-corrected chi connectivity index (χ3v) is 2.28. The van der Waals surface area contributed by atoms with Gasteiger partial charge in [0, 0.05) is 0 Å².